The molecule has 3 rings (SSSR count). The molecule has 2 aromatic heterocycles. The first-order chi connectivity index (χ1) is 10.3. The summed E-state index contributed by atoms with van der Waals surface area (Å²) in [6.45, 7) is 2.93. The number of thioether (sulfide) groups is 1. The predicted molar refractivity (Wildman–Crippen MR) is 86.5 cm³/mol. The molecule has 2 heterocycles. The molecule has 21 heavy (non-hydrogen) atoms. The molecule has 5 nitrogen and oxygen atoms in total. The van der Waals surface area contributed by atoms with Crippen LogP contribution in [0.3, 0.4) is 0 Å². The number of nitrogens with zero attached hydrogens (tertiary/aromatic N) is 4. The molecule has 0 bridgehead atoms. The number of nitrogens with one attached hydrogen (secondary N) is 1. The zero-order valence-electron chi connectivity index (χ0n) is 12.1. The van der Waals surface area contributed by atoms with Crippen molar-refractivity contribution >= 4 is 28.5 Å². The Labute approximate surface area is 127 Å². The van der Waals surface area contributed by atoms with Crippen LogP contribution in [-0.2, 0) is 12.8 Å². The highest BCUT2D eigenvalue weighted by molar-refractivity contribution is 7.98. The quantitative estimate of drug-likeness (QED) is 0.734. The van der Waals surface area contributed by atoms with Crippen LogP contribution >= 0.6 is 11.8 Å². The highest BCUT2D eigenvalue weighted by Gasteiger charge is 2.09. The molecule has 0 unspecified atom stereocenters. The number of pyridine rings is 1. The number of rotatable bonds is 5. The largest absolute Gasteiger partial charge is 0.370 e. The summed E-state index contributed by atoms with van der Waals surface area (Å²) < 4.78 is 1.92. The summed E-state index contributed by atoms with van der Waals surface area (Å²) in [6, 6.07) is 10.4. The monoisotopic (exact) mass is 299 g/mol. The molecule has 0 spiro atoms. The van der Waals surface area contributed by atoms with Crippen LogP contribution in [0.15, 0.2) is 41.8 Å². The van der Waals surface area contributed by atoms with Crippen molar-refractivity contribution in [1.82, 2.24) is 19.7 Å². The van der Waals surface area contributed by atoms with Gasteiger partial charge in [-0.15, -0.1) is 10.2 Å². The van der Waals surface area contributed by atoms with Crippen LogP contribution in [-0.4, -0.2) is 26.3 Å². The van der Waals surface area contributed by atoms with Crippen molar-refractivity contribution < 1.29 is 0 Å². The fraction of sp³-hybridized carbons (Fsp3) is 0.267. The van der Waals surface area contributed by atoms with Crippen LogP contribution in [0.2, 0.25) is 0 Å². The molecule has 0 saturated carbocycles. The van der Waals surface area contributed by atoms with Crippen LogP contribution in [0.5, 0.6) is 0 Å². The van der Waals surface area contributed by atoms with E-state index in [1.165, 1.54) is 5.56 Å². The average molecular weight is 299 g/mol. The smallest absolute Gasteiger partial charge is 0.191 e. The van der Waals surface area contributed by atoms with Gasteiger partial charge in [0.05, 0.1) is 5.52 Å². The molecule has 0 amide bonds. The van der Waals surface area contributed by atoms with Gasteiger partial charge in [-0.3, -0.25) is 0 Å². The van der Waals surface area contributed by atoms with Crippen LogP contribution in [0, 0.1) is 0 Å². The molecule has 108 valence electrons. The van der Waals surface area contributed by atoms with E-state index in [4.69, 9.17) is 4.98 Å². The summed E-state index contributed by atoms with van der Waals surface area (Å²) in [6.07, 6.45) is 1.71. The molecular formula is C15H17N5S. The van der Waals surface area contributed by atoms with Crippen molar-refractivity contribution in [1.29, 1.82) is 0 Å². The molecule has 0 aliphatic rings. The number of aryl methyl sites for hydroxylation is 1. The summed E-state index contributed by atoms with van der Waals surface area (Å²) in [5.74, 6) is 1.76. The molecule has 0 atom stereocenters. The Hall–Kier alpha value is -2.08. The molecule has 0 aliphatic carbocycles. The van der Waals surface area contributed by atoms with E-state index in [0.717, 1.165) is 34.2 Å². The molecule has 0 radical (unpaired) electrons. The van der Waals surface area contributed by atoms with E-state index in [1.54, 1.807) is 18.1 Å². The third-order valence-electron chi connectivity index (χ3n) is 3.17. The minimum absolute atomic E-state index is 0.812. The molecule has 6 heteroatoms. The maximum atomic E-state index is 4.72. The van der Waals surface area contributed by atoms with Gasteiger partial charge in [0.1, 0.15) is 12.1 Å². The number of hydrogen-bond acceptors (Lipinski definition) is 5. The highest BCUT2D eigenvalue weighted by Crippen LogP contribution is 2.27. The third kappa shape index (κ3) is 3.00. The number of aromatic nitrogens is 4. The van der Waals surface area contributed by atoms with Gasteiger partial charge in [-0.05, 0) is 19.1 Å². The van der Waals surface area contributed by atoms with E-state index < -0.39 is 0 Å². The van der Waals surface area contributed by atoms with E-state index in [1.807, 2.05) is 29.8 Å². The molecular weight excluding hydrogens is 282 g/mol. The Morgan fingerprint density at radius 3 is 2.90 bits per heavy atom. The Kier molecular flexibility index (Phi) is 4.06. The van der Waals surface area contributed by atoms with Gasteiger partial charge in [0, 0.05) is 30.3 Å². The van der Waals surface area contributed by atoms with Crippen LogP contribution in [0.25, 0.3) is 10.9 Å². The SMILES string of the molecule is CCNc1nc2ccccc2cc1CSc1nncn1C. The second kappa shape index (κ2) is 6.13. The summed E-state index contributed by atoms with van der Waals surface area (Å²) in [7, 11) is 1.95. The van der Waals surface area contributed by atoms with Gasteiger partial charge in [0.15, 0.2) is 5.16 Å². The minimum atomic E-state index is 0.812. The van der Waals surface area contributed by atoms with Gasteiger partial charge in [-0.25, -0.2) is 4.98 Å². The lowest BCUT2D eigenvalue weighted by atomic mass is 10.1. The van der Waals surface area contributed by atoms with Crippen molar-refractivity contribution in [3.05, 3.63) is 42.2 Å². The lowest BCUT2D eigenvalue weighted by Crippen LogP contribution is -2.03. The van der Waals surface area contributed by atoms with E-state index in [2.05, 4.69) is 34.6 Å². The summed E-state index contributed by atoms with van der Waals surface area (Å²) in [5, 5.41) is 13.4. The van der Waals surface area contributed by atoms with Gasteiger partial charge in [-0.2, -0.15) is 0 Å². The number of anilines is 1. The van der Waals surface area contributed by atoms with Gasteiger partial charge in [-0.1, -0.05) is 30.0 Å². The topological polar surface area (TPSA) is 55.6 Å². The molecule has 0 aliphatic heterocycles. The zero-order chi connectivity index (χ0) is 14.7. The fourth-order valence-corrected chi connectivity index (χ4v) is 3.00. The number of hydrogen-bond donors (Lipinski definition) is 1. The first-order valence-corrected chi connectivity index (χ1v) is 7.86. The average Bonchev–Trinajstić information content (AvgIpc) is 2.90. The standard InChI is InChI=1S/C15H17N5S/c1-3-16-14-12(9-21-15-19-17-10-20(15)2)8-11-6-4-5-7-13(11)18-14/h4-8,10H,3,9H2,1-2H3,(H,16,18). The van der Waals surface area contributed by atoms with Gasteiger partial charge < -0.3 is 9.88 Å². The van der Waals surface area contributed by atoms with E-state index in [0.29, 0.717) is 0 Å². The Morgan fingerprint density at radius 2 is 2.14 bits per heavy atom. The number of benzene rings is 1. The lowest BCUT2D eigenvalue weighted by molar-refractivity contribution is 0.788. The van der Waals surface area contributed by atoms with Crippen LogP contribution < -0.4 is 5.32 Å². The highest BCUT2D eigenvalue weighted by atomic mass is 32.2. The zero-order valence-corrected chi connectivity index (χ0v) is 12.9. The van der Waals surface area contributed by atoms with E-state index in [-0.39, 0.29) is 0 Å². The maximum absolute atomic E-state index is 4.72. The lowest BCUT2D eigenvalue weighted by Gasteiger charge is -2.11. The molecule has 3 aromatic rings. The van der Waals surface area contributed by atoms with Crippen LogP contribution in [0.1, 0.15) is 12.5 Å². The molecule has 0 fully saturated rings. The second-order valence-electron chi connectivity index (χ2n) is 4.73. The molecule has 1 N–H and O–H groups in total. The number of fused-ring (bicyclic) bond motifs is 1. The Balaban J connectivity index is 1.91. The third-order valence-corrected chi connectivity index (χ3v) is 4.26. The van der Waals surface area contributed by atoms with Gasteiger partial charge in [0.2, 0.25) is 0 Å². The minimum Gasteiger partial charge on any atom is -0.370 e. The van der Waals surface area contributed by atoms with Gasteiger partial charge >= 0.3 is 0 Å². The molecule has 1 aromatic carbocycles. The van der Waals surface area contributed by atoms with Gasteiger partial charge in [0.25, 0.3) is 0 Å². The van der Waals surface area contributed by atoms with Crippen molar-refractivity contribution in [2.75, 3.05) is 11.9 Å². The Bertz CT molecular complexity index is 753. The van der Waals surface area contributed by atoms with E-state index >= 15 is 0 Å². The van der Waals surface area contributed by atoms with Crippen molar-refractivity contribution in [3.63, 3.8) is 0 Å². The van der Waals surface area contributed by atoms with Crippen molar-refractivity contribution in [2.45, 2.75) is 17.8 Å². The predicted octanol–water partition coefficient (Wildman–Crippen LogP) is 3.09. The number of para-hydroxylation sites is 1. The van der Waals surface area contributed by atoms with Crippen molar-refractivity contribution in [2.24, 2.45) is 7.05 Å². The van der Waals surface area contributed by atoms with E-state index in [9.17, 15) is 0 Å². The summed E-state index contributed by atoms with van der Waals surface area (Å²) >= 11 is 1.66. The first kappa shape index (κ1) is 13.9. The summed E-state index contributed by atoms with van der Waals surface area (Å²) in [5.41, 5.74) is 2.20. The first-order valence-electron chi connectivity index (χ1n) is 6.87. The Morgan fingerprint density at radius 1 is 1.29 bits per heavy atom. The van der Waals surface area contributed by atoms with Crippen LogP contribution in [0.4, 0.5) is 5.82 Å². The fourth-order valence-electron chi connectivity index (χ4n) is 2.14. The van der Waals surface area contributed by atoms with Crippen molar-refractivity contribution in [3.8, 4) is 0 Å². The normalized spacial score (nSPS) is 11.0. The maximum Gasteiger partial charge on any atom is 0.191 e. The summed E-state index contributed by atoms with van der Waals surface area (Å²) in [4.78, 5) is 4.72. The second-order valence-corrected chi connectivity index (χ2v) is 5.67. The molecule has 0 saturated heterocycles.